The van der Waals surface area contributed by atoms with Crippen molar-refractivity contribution in [2.45, 2.75) is 27.2 Å². The number of ether oxygens (including phenoxy) is 1. The molecule has 0 amide bonds. The summed E-state index contributed by atoms with van der Waals surface area (Å²) in [4.78, 5) is 10.1. The molecule has 0 saturated carbocycles. The summed E-state index contributed by atoms with van der Waals surface area (Å²) in [5, 5.41) is 8.28. The van der Waals surface area contributed by atoms with E-state index in [2.05, 4.69) is 20.8 Å². The summed E-state index contributed by atoms with van der Waals surface area (Å²) in [5.41, 5.74) is 0. The van der Waals surface area contributed by atoms with Crippen LogP contribution in [0.1, 0.15) is 27.2 Å². The topological polar surface area (TPSA) is 46.5 Å². The molecule has 1 atom stereocenters. The molecule has 0 aromatic carbocycles. The number of carboxylic acids is 1. The Labute approximate surface area is 73.7 Å². The predicted octanol–water partition coefficient (Wildman–Crippen LogP) is 1.77. The first-order valence-corrected chi connectivity index (χ1v) is 4.32. The number of carboxylic acid groups (broad SMARTS) is 1. The van der Waals surface area contributed by atoms with Gasteiger partial charge in [-0.3, -0.25) is 0 Å². The van der Waals surface area contributed by atoms with Gasteiger partial charge in [0.25, 0.3) is 0 Å². The lowest BCUT2D eigenvalue weighted by molar-refractivity contribution is -0.142. The maximum Gasteiger partial charge on any atom is 0.329 e. The third-order valence-corrected chi connectivity index (χ3v) is 1.50. The third kappa shape index (κ3) is 7.54. The van der Waals surface area contributed by atoms with E-state index in [0.29, 0.717) is 18.4 Å². The van der Waals surface area contributed by atoms with Gasteiger partial charge in [-0.1, -0.05) is 20.8 Å². The lowest BCUT2D eigenvalue weighted by Crippen LogP contribution is -2.13. The maximum atomic E-state index is 10.1. The van der Waals surface area contributed by atoms with Gasteiger partial charge in [0.05, 0.1) is 0 Å². The minimum absolute atomic E-state index is 0.178. The second-order valence-electron chi connectivity index (χ2n) is 3.64. The van der Waals surface area contributed by atoms with E-state index < -0.39 is 5.97 Å². The molecule has 0 rings (SSSR count). The number of aliphatic carboxylic acids is 1. The van der Waals surface area contributed by atoms with Gasteiger partial charge in [0.15, 0.2) is 0 Å². The molecule has 0 radical (unpaired) electrons. The van der Waals surface area contributed by atoms with Crippen LogP contribution in [0.25, 0.3) is 0 Å². The van der Waals surface area contributed by atoms with Gasteiger partial charge in [0.2, 0.25) is 0 Å². The van der Waals surface area contributed by atoms with Crippen molar-refractivity contribution >= 4 is 5.97 Å². The van der Waals surface area contributed by atoms with Crippen LogP contribution >= 0.6 is 0 Å². The number of hydrogen-bond acceptors (Lipinski definition) is 2. The van der Waals surface area contributed by atoms with Gasteiger partial charge in [-0.05, 0) is 18.3 Å². The molecular formula is C9H18O3. The highest BCUT2D eigenvalue weighted by molar-refractivity contribution is 5.67. The summed E-state index contributed by atoms with van der Waals surface area (Å²) in [6.07, 6.45) is 1.08. The van der Waals surface area contributed by atoms with Crippen LogP contribution in [0.2, 0.25) is 0 Å². The number of rotatable bonds is 6. The number of carbonyl (C=O) groups is 1. The molecule has 0 bridgehead atoms. The molecular weight excluding hydrogens is 156 g/mol. The van der Waals surface area contributed by atoms with E-state index in [1.54, 1.807) is 0 Å². The van der Waals surface area contributed by atoms with Gasteiger partial charge < -0.3 is 9.84 Å². The highest BCUT2D eigenvalue weighted by Crippen LogP contribution is 2.10. The number of hydrogen-bond donors (Lipinski definition) is 1. The average Bonchev–Trinajstić information content (AvgIpc) is 1.84. The second kappa shape index (κ2) is 6.00. The highest BCUT2D eigenvalue weighted by atomic mass is 16.5. The average molecular weight is 174 g/mol. The van der Waals surface area contributed by atoms with Gasteiger partial charge in [-0.15, -0.1) is 0 Å². The quantitative estimate of drug-likeness (QED) is 0.667. The fraction of sp³-hybridized carbons (Fsp3) is 0.889. The fourth-order valence-corrected chi connectivity index (χ4v) is 1.22. The minimum atomic E-state index is -0.897. The normalized spacial score (nSPS) is 13.3. The Kier molecular flexibility index (Phi) is 5.72. The second-order valence-corrected chi connectivity index (χ2v) is 3.64. The molecule has 0 aliphatic carbocycles. The smallest absolute Gasteiger partial charge is 0.329 e. The largest absolute Gasteiger partial charge is 0.480 e. The van der Waals surface area contributed by atoms with Crippen LogP contribution in [0.4, 0.5) is 0 Å². The molecule has 12 heavy (non-hydrogen) atoms. The summed E-state index contributed by atoms with van der Waals surface area (Å²) in [6.45, 7) is 6.73. The first-order chi connectivity index (χ1) is 5.52. The van der Waals surface area contributed by atoms with Gasteiger partial charge >= 0.3 is 5.97 Å². The molecule has 0 aromatic rings. The molecule has 1 N–H and O–H groups in total. The van der Waals surface area contributed by atoms with Gasteiger partial charge in [0.1, 0.15) is 6.61 Å². The van der Waals surface area contributed by atoms with E-state index in [-0.39, 0.29) is 6.61 Å². The van der Waals surface area contributed by atoms with Crippen LogP contribution in [-0.4, -0.2) is 24.3 Å². The lowest BCUT2D eigenvalue weighted by atomic mass is 10.00. The SMILES string of the molecule is CC(C)CC(C)COCC(=O)O. The lowest BCUT2D eigenvalue weighted by Gasteiger charge is -2.12. The van der Waals surface area contributed by atoms with Crippen LogP contribution in [-0.2, 0) is 9.53 Å². The third-order valence-electron chi connectivity index (χ3n) is 1.50. The van der Waals surface area contributed by atoms with E-state index in [1.165, 1.54) is 0 Å². The first-order valence-electron chi connectivity index (χ1n) is 4.32. The Morgan fingerprint density at radius 1 is 1.42 bits per heavy atom. The molecule has 0 fully saturated rings. The van der Waals surface area contributed by atoms with Crippen molar-refractivity contribution in [1.29, 1.82) is 0 Å². The van der Waals surface area contributed by atoms with Crippen LogP contribution in [0, 0.1) is 11.8 Å². The summed E-state index contributed by atoms with van der Waals surface area (Å²) in [6, 6.07) is 0. The maximum absolute atomic E-state index is 10.1. The Bertz CT molecular complexity index is 132. The molecule has 0 spiro atoms. The van der Waals surface area contributed by atoms with Gasteiger partial charge in [-0.2, -0.15) is 0 Å². The molecule has 3 heteroatoms. The Balaban J connectivity index is 3.31. The molecule has 3 nitrogen and oxygen atoms in total. The highest BCUT2D eigenvalue weighted by Gasteiger charge is 2.05. The zero-order chi connectivity index (χ0) is 9.56. The van der Waals surface area contributed by atoms with Gasteiger partial charge in [-0.25, -0.2) is 4.79 Å². The van der Waals surface area contributed by atoms with Crippen molar-refractivity contribution in [3.63, 3.8) is 0 Å². The summed E-state index contributed by atoms with van der Waals surface area (Å²) >= 11 is 0. The van der Waals surface area contributed by atoms with Crippen molar-refractivity contribution in [3.05, 3.63) is 0 Å². The fourth-order valence-electron chi connectivity index (χ4n) is 1.22. The monoisotopic (exact) mass is 174 g/mol. The summed E-state index contributed by atoms with van der Waals surface area (Å²) in [7, 11) is 0. The summed E-state index contributed by atoms with van der Waals surface area (Å²) in [5.74, 6) is 0.199. The van der Waals surface area contributed by atoms with Crippen molar-refractivity contribution in [1.82, 2.24) is 0 Å². The van der Waals surface area contributed by atoms with Crippen molar-refractivity contribution in [2.75, 3.05) is 13.2 Å². The predicted molar refractivity (Wildman–Crippen MR) is 47.1 cm³/mol. The van der Waals surface area contributed by atoms with Crippen molar-refractivity contribution < 1.29 is 14.6 Å². The Hall–Kier alpha value is -0.570. The standard InChI is InChI=1S/C9H18O3/c1-7(2)4-8(3)5-12-6-9(10)11/h7-8H,4-6H2,1-3H3,(H,10,11). The van der Waals surface area contributed by atoms with Gasteiger partial charge in [0, 0.05) is 6.61 Å². The summed E-state index contributed by atoms with van der Waals surface area (Å²) < 4.78 is 4.96. The van der Waals surface area contributed by atoms with E-state index in [0.717, 1.165) is 6.42 Å². The molecule has 0 aromatic heterocycles. The molecule has 0 heterocycles. The van der Waals surface area contributed by atoms with Crippen molar-refractivity contribution in [3.8, 4) is 0 Å². The zero-order valence-corrected chi connectivity index (χ0v) is 8.04. The van der Waals surface area contributed by atoms with E-state index in [9.17, 15) is 4.79 Å². The van der Waals surface area contributed by atoms with Crippen molar-refractivity contribution in [2.24, 2.45) is 11.8 Å². The van der Waals surface area contributed by atoms with E-state index in [1.807, 2.05) is 0 Å². The molecule has 72 valence electrons. The molecule has 1 unspecified atom stereocenters. The zero-order valence-electron chi connectivity index (χ0n) is 8.04. The molecule has 0 aliphatic heterocycles. The van der Waals surface area contributed by atoms with Crippen LogP contribution < -0.4 is 0 Å². The minimum Gasteiger partial charge on any atom is -0.480 e. The van der Waals surface area contributed by atoms with E-state index >= 15 is 0 Å². The molecule has 0 aliphatic rings. The van der Waals surface area contributed by atoms with E-state index in [4.69, 9.17) is 9.84 Å². The Morgan fingerprint density at radius 3 is 2.42 bits per heavy atom. The first kappa shape index (κ1) is 11.4. The van der Waals surface area contributed by atoms with Crippen LogP contribution in [0.15, 0.2) is 0 Å². The molecule has 0 saturated heterocycles. The van der Waals surface area contributed by atoms with Crippen LogP contribution in [0.3, 0.4) is 0 Å². The van der Waals surface area contributed by atoms with Crippen LogP contribution in [0.5, 0.6) is 0 Å². The Morgan fingerprint density at radius 2 is 2.00 bits per heavy atom.